The monoisotopic (exact) mass is 259 g/mol. The summed E-state index contributed by atoms with van der Waals surface area (Å²) in [6.07, 6.45) is 3.74. The van der Waals surface area contributed by atoms with Gasteiger partial charge in [-0.2, -0.15) is 0 Å². The van der Waals surface area contributed by atoms with Crippen LogP contribution < -0.4 is 4.90 Å². The molecule has 5 heteroatoms. The van der Waals surface area contributed by atoms with E-state index in [1.54, 1.807) is 0 Å². The van der Waals surface area contributed by atoms with Gasteiger partial charge in [0.05, 0.1) is 19.3 Å². The predicted octanol–water partition coefficient (Wildman–Crippen LogP) is 1.76. The Morgan fingerprint density at radius 2 is 2.42 bits per heavy atom. The van der Waals surface area contributed by atoms with Gasteiger partial charge in [-0.05, 0) is 18.6 Å². The summed E-state index contributed by atoms with van der Waals surface area (Å²) in [7, 11) is 0. The molecule has 1 aliphatic rings. The maximum absolute atomic E-state index is 11.4. The van der Waals surface area contributed by atoms with Gasteiger partial charge in [0, 0.05) is 12.7 Å². The third-order valence-electron chi connectivity index (χ3n) is 3.63. The number of hydrogen-bond acceptors (Lipinski definition) is 4. The standard InChI is InChI=1S/C14H17N3O2/c1-2-11-10-19-8-7-16(11)14-12(9-18)17-6-4-3-5-13(17)15-14/h3-6,9,11H,2,7-8,10H2,1H3. The predicted molar refractivity (Wildman–Crippen MR) is 72.8 cm³/mol. The molecule has 19 heavy (non-hydrogen) atoms. The van der Waals surface area contributed by atoms with Crippen molar-refractivity contribution in [2.24, 2.45) is 0 Å². The van der Waals surface area contributed by atoms with Crippen molar-refractivity contribution in [1.29, 1.82) is 0 Å². The number of anilines is 1. The van der Waals surface area contributed by atoms with E-state index in [4.69, 9.17) is 4.74 Å². The molecule has 0 aromatic carbocycles. The van der Waals surface area contributed by atoms with Crippen LogP contribution >= 0.6 is 0 Å². The fourth-order valence-electron chi connectivity index (χ4n) is 2.60. The number of aldehydes is 1. The zero-order valence-electron chi connectivity index (χ0n) is 11.0. The molecule has 5 nitrogen and oxygen atoms in total. The van der Waals surface area contributed by atoms with E-state index in [0.717, 1.165) is 30.7 Å². The van der Waals surface area contributed by atoms with Crippen LogP contribution in [0.15, 0.2) is 24.4 Å². The average molecular weight is 259 g/mol. The number of ether oxygens (including phenoxy) is 1. The minimum atomic E-state index is 0.289. The minimum Gasteiger partial charge on any atom is -0.377 e. The number of aromatic nitrogens is 2. The SMILES string of the molecule is CCC1COCCN1c1nc2ccccn2c1C=O. The van der Waals surface area contributed by atoms with Crippen LogP contribution in [0.1, 0.15) is 23.8 Å². The van der Waals surface area contributed by atoms with Crippen LogP contribution in [0.5, 0.6) is 0 Å². The molecule has 2 aromatic heterocycles. The molecule has 0 radical (unpaired) electrons. The van der Waals surface area contributed by atoms with E-state index < -0.39 is 0 Å². The van der Waals surface area contributed by atoms with Gasteiger partial charge < -0.3 is 9.64 Å². The average Bonchev–Trinajstić information content (AvgIpc) is 2.85. The zero-order chi connectivity index (χ0) is 13.2. The molecule has 1 unspecified atom stereocenters. The van der Waals surface area contributed by atoms with Crippen molar-refractivity contribution < 1.29 is 9.53 Å². The summed E-state index contributed by atoms with van der Waals surface area (Å²) in [6.45, 7) is 4.29. The molecule has 0 amide bonds. The number of nitrogens with zero attached hydrogens (tertiary/aromatic N) is 3. The Morgan fingerprint density at radius 1 is 1.53 bits per heavy atom. The van der Waals surface area contributed by atoms with Crippen LogP contribution in [0.2, 0.25) is 0 Å². The van der Waals surface area contributed by atoms with Gasteiger partial charge in [-0.3, -0.25) is 9.20 Å². The molecule has 0 N–H and O–H groups in total. The molecule has 3 heterocycles. The summed E-state index contributed by atoms with van der Waals surface area (Å²) in [4.78, 5) is 18.2. The molecule has 1 fully saturated rings. The Morgan fingerprint density at radius 3 is 3.21 bits per heavy atom. The normalized spacial score (nSPS) is 19.8. The first-order chi connectivity index (χ1) is 9.35. The summed E-state index contributed by atoms with van der Waals surface area (Å²) in [5.74, 6) is 0.774. The third kappa shape index (κ3) is 2.00. The van der Waals surface area contributed by atoms with Gasteiger partial charge in [-0.25, -0.2) is 4.98 Å². The lowest BCUT2D eigenvalue weighted by atomic mass is 10.1. The van der Waals surface area contributed by atoms with Crippen LogP contribution in [0, 0.1) is 0 Å². The Hall–Kier alpha value is -1.88. The van der Waals surface area contributed by atoms with Crippen LogP contribution in [0.25, 0.3) is 5.65 Å². The second-order valence-electron chi connectivity index (χ2n) is 4.70. The highest BCUT2D eigenvalue weighted by molar-refractivity contribution is 5.83. The molecule has 0 spiro atoms. The number of carbonyl (C=O) groups is 1. The molecule has 1 atom stereocenters. The topological polar surface area (TPSA) is 46.8 Å². The first kappa shape index (κ1) is 12.2. The Balaban J connectivity index is 2.10. The van der Waals surface area contributed by atoms with Crippen molar-refractivity contribution in [3.8, 4) is 0 Å². The van der Waals surface area contributed by atoms with Gasteiger partial charge in [0.25, 0.3) is 0 Å². The number of morpholine rings is 1. The zero-order valence-corrected chi connectivity index (χ0v) is 11.0. The number of carbonyl (C=O) groups excluding carboxylic acids is 1. The summed E-state index contributed by atoms with van der Waals surface area (Å²) < 4.78 is 7.35. The van der Waals surface area contributed by atoms with Gasteiger partial charge in [-0.1, -0.05) is 13.0 Å². The van der Waals surface area contributed by atoms with Crippen LogP contribution in [-0.2, 0) is 4.74 Å². The van der Waals surface area contributed by atoms with Gasteiger partial charge in [0.1, 0.15) is 11.3 Å². The molecule has 1 aliphatic heterocycles. The number of hydrogen-bond donors (Lipinski definition) is 0. The fraction of sp³-hybridized carbons (Fsp3) is 0.429. The van der Waals surface area contributed by atoms with Crippen LogP contribution in [-0.4, -0.2) is 41.5 Å². The maximum Gasteiger partial charge on any atom is 0.170 e. The van der Waals surface area contributed by atoms with Crippen molar-refractivity contribution in [3.05, 3.63) is 30.1 Å². The Bertz CT molecular complexity index is 593. The van der Waals surface area contributed by atoms with Crippen molar-refractivity contribution >= 4 is 17.8 Å². The number of fused-ring (bicyclic) bond motifs is 1. The third-order valence-corrected chi connectivity index (χ3v) is 3.63. The van der Waals surface area contributed by atoms with E-state index in [2.05, 4.69) is 16.8 Å². The quantitative estimate of drug-likeness (QED) is 0.788. The number of pyridine rings is 1. The molecular formula is C14H17N3O2. The largest absolute Gasteiger partial charge is 0.377 e. The van der Waals surface area contributed by atoms with Crippen LogP contribution in [0.3, 0.4) is 0 Å². The Kier molecular flexibility index (Phi) is 3.21. The first-order valence-electron chi connectivity index (χ1n) is 6.61. The van der Waals surface area contributed by atoms with Gasteiger partial charge >= 0.3 is 0 Å². The van der Waals surface area contributed by atoms with Gasteiger partial charge in [0.2, 0.25) is 0 Å². The van der Waals surface area contributed by atoms with Crippen molar-refractivity contribution in [2.45, 2.75) is 19.4 Å². The Labute approximate surface area is 111 Å². The van der Waals surface area contributed by atoms with Crippen molar-refractivity contribution in [1.82, 2.24) is 9.38 Å². The number of rotatable bonds is 3. The summed E-state index contributed by atoms with van der Waals surface area (Å²) in [5, 5.41) is 0. The highest BCUT2D eigenvalue weighted by Crippen LogP contribution is 2.24. The lowest BCUT2D eigenvalue weighted by Gasteiger charge is -2.35. The van der Waals surface area contributed by atoms with E-state index >= 15 is 0 Å². The highest BCUT2D eigenvalue weighted by atomic mass is 16.5. The second-order valence-corrected chi connectivity index (χ2v) is 4.70. The molecule has 2 aromatic rings. The molecular weight excluding hydrogens is 242 g/mol. The lowest BCUT2D eigenvalue weighted by Crippen LogP contribution is -2.45. The van der Waals surface area contributed by atoms with E-state index in [9.17, 15) is 4.79 Å². The smallest absolute Gasteiger partial charge is 0.170 e. The van der Waals surface area contributed by atoms with E-state index in [1.807, 2.05) is 28.8 Å². The molecule has 100 valence electrons. The van der Waals surface area contributed by atoms with Crippen LogP contribution in [0.4, 0.5) is 5.82 Å². The summed E-state index contributed by atoms with van der Waals surface area (Å²) in [6, 6.07) is 6.04. The summed E-state index contributed by atoms with van der Waals surface area (Å²) in [5.41, 5.74) is 1.43. The van der Waals surface area contributed by atoms with Gasteiger partial charge in [0.15, 0.2) is 12.1 Å². The van der Waals surface area contributed by atoms with E-state index in [0.29, 0.717) is 18.9 Å². The summed E-state index contributed by atoms with van der Waals surface area (Å²) >= 11 is 0. The molecule has 0 aliphatic carbocycles. The fourth-order valence-corrected chi connectivity index (χ4v) is 2.60. The van der Waals surface area contributed by atoms with Crippen molar-refractivity contribution in [3.63, 3.8) is 0 Å². The first-order valence-corrected chi connectivity index (χ1v) is 6.61. The highest BCUT2D eigenvalue weighted by Gasteiger charge is 2.26. The second kappa shape index (κ2) is 5.01. The maximum atomic E-state index is 11.4. The van der Waals surface area contributed by atoms with E-state index in [-0.39, 0.29) is 6.04 Å². The van der Waals surface area contributed by atoms with E-state index in [1.165, 1.54) is 0 Å². The van der Waals surface area contributed by atoms with Gasteiger partial charge in [-0.15, -0.1) is 0 Å². The molecule has 0 bridgehead atoms. The molecule has 0 saturated carbocycles. The molecule has 3 rings (SSSR count). The lowest BCUT2D eigenvalue weighted by molar-refractivity contribution is 0.0923. The van der Waals surface area contributed by atoms with Crippen molar-refractivity contribution in [2.75, 3.05) is 24.7 Å². The number of imidazole rings is 1. The minimum absolute atomic E-state index is 0.289. The molecule has 1 saturated heterocycles.